The molecule has 0 aliphatic rings. The van der Waals surface area contributed by atoms with E-state index in [1.807, 2.05) is 6.07 Å². The van der Waals surface area contributed by atoms with Crippen LogP contribution in [0.2, 0.25) is 0 Å². The molecule has 16 heavy (non-hydrogen) atoms. The van der Waals surface area contributed by atoms with Gasteiger partial charge in [0.05, 0.1) is 0 Å². The van der Waals surface area contributed by atoms with Crippen LogP contribution in [0.4, 0.5) is 0 Å². The van der Waals surface area contributed by atoms with Gasteiger partial charge in [0.1, 0.15) is 6.33 Å². The number of rotatable bonds is 3. The SMILES string of the molecule is CC#CCOc1cc(-n2cccn2)ncn1. The molecular formula is C11H10N4O. The van der Waals surface area contributed by atoms with Gasteiger partial charge in [-0.3, -0.25) is 0 Å². The molecule has 2 heterocycles. The molecule has 0 spiro atoms. The lowest BCUT2D eigenvalue weighted by atomic mass is 10.5. The summed E-state index contributed by atoms with van der Waals surface area (Å²) in [6.45, 7) is 2.09. The molecule has 0 fully saturated rings. The predicted octanol–water partition coefficient (Wildman–Crippen LogP) is 1.06. The molecule has 0 bridgehead atoms. The Balaban J connectivity index is 2.16. The molecule has 2 rings (SSSR count). The minimum Gasteiger partial charge on any atom is -0.464 e. The molecule has 0 aliphatic carbocycles. The van der Waals surface area contributed by atoms with Crippen molar-refractivity contribution >= 4 is 0 Å². The zero-order chi connectivity index (χ0) is 11.2. The number of ether oxygens (including phenoxy) is 1. The predicted molar refractivity (Wildman–Crippen MR) is 58.1 cm³/mol. The highest BCUT2D eigenvalue weighted by Crippen LogP contribution is 2.09. The van der Waals surface area contributed by atoms with Crippen LogP contribution in [0.15, 0.2) is 30.9 Å². The molecule has 0 saturated carbocycles. The highest BCUT2D eigenvalue weighted by molar-refractivity contribution is 5.25. The Kier molecular flexibility index (Phi) is 3.14. The van der Waals surface area contributed by atoms with Crippen LogP contribution >= 0.6 is 0 Å². The van der Waals surface area contributed by atoms with Gasteiger partial charge in [-0.05, 0) is 13.0 Å². The van der Waals surface area contributed by atoms with E-state index in [-0.39, 0.29) is 0 Å². The molecular weight excluding hydrogens is 204 g/mol. The van der Waals surface area contributed by atoms with Gasteiger partial charge in [-0.1, -0.05) is 5.92 Å². The summed E-state index contributed by atoms with van der Waals surface area (Å²) >= 11 is 0. The maximum atomic E-state index is 5.32. The monoisotopic (exact) mass is 214 g/mol. The standard InChI is InChI=1S/C11H10N4O/c1-2-3-7-16-11-8-10(12-9-13-11)15-6-4-5-14-15/h4-6,8-9H,7H2,1H3. The third kappa shape index (κ3) is 2.36. The van der Waals surface area contributed by atoms with Crippen molar-refractivity contribution in [1.29, 1.82) is 0 Å². The number of hydrogen-bond donors (Lipinski definition) is 0. The topological polar surface area (TPSA) is 52.8 Å². The van der Waals surface area contributed by atoms with Crippen molar-refractivity contribution < 1.29 is 4.74 Å². The number of aromatic nitrogens is 4. The molecule has 0 unspecified atom stereocenters. The molecule has 0 aliphatic heterocycles. The third-order valence-electron chi connectivity index (χ3n) is 1.84. The summed E-state index contributed by atoms with van der Waals surface area (Å²) in [6, 6.07) is 3.54. The van der Waals surface area contributed by atoms with E-state index in [1.165, 1.54) is 6.33 Å². The molecule has 2 aromatic heterocycles. The summed E-state index contributed by atoms with van der Waals surface area (Å²) in [7, 11) is 0. The Labute approximate surface area is 93.1 Å². The normalized spacial score (nSPS) is 9.31. The fourth-order valence-electron chi connectivity index (χ4n) is 1.12. The largest absolute Gasteiger partial charge is 0.464 e. The van der Waals surface area contributed by atoms with Crippen molar-refractivity contribution in [3.8, 4) is 23.5 Å². The van der Waals surface area contributed by atoms with Gasteiger partial charge >= 0.3 is 0 Å². The number of hydrogen-bond acceptors (Lipinski definition) is 4. The zero-order valence-electron chi connectivity index (χ0n) is 8.79. The lowest BCUT2D eigenvalue weighted by Crippen LogP contribution is -2.01. The second-order valence-corrected chi connectivity index (χ2v) is 2.88. The molecule has 5 nitrogen and oxygen atoms in total. The van der Waals surface area contributed by atoms with Crippen LogP contribution in [0.3, 0.4) is 0 Å². The van der Waals surface area contributed by atoms with Gasteiger partial charge in [0.25, 0.3) is 0 Å². The van der Waals surface area contributed by atoms with Gasteiger partial charge in [0.2, 0.25) is 5.88 Å². The summed E-state index contributed by atoms with van der Waals surface area (Å²) in [6.07, 6.45) is 4.93. The van der Waals surface area contributed by atoms with Crippen LogP contribution in [-0.4, -0.2) is 26.4 Å². The Hall–Kier alpha value is -2.35. The van der Waals surface area contributed by atoms with Crippen molar-refractivity contribution in [1.82, 2.24) is 19.7 Å². The summed E-state index contributed by atoms with van der Waals surface area (Å²) in [5.74, 6) is 6.70. The summed E-state index contributed by atoms with van der Waals surface area (Å²) in [5.41, 5.74) is 0. The van der Waals surface area contributed by atoms with Gasteiger partial charge in [-0.25, -0.2) is 14.6 Å². The van der Waals surface area contributed by atoms with Crippen LogP contribution in [0.1, 0.15) is 6.92 Å². The van der Waals surface area contributed by atoms with Crippen molar-refractivity contribution in [3.63, 3.8) is 0 Å². The molecule has 0 radical (unpaired) electrons. The smallest absolute Gasteiger partial charge is 0.219 e. The van der Waals surface area contributed by atoms with Crippen LogP contribution in [0.5, 0.6) is 5.88 Å². The second-order valence-electron chi connectivity index (χ2n) is 2.88. The van der Waals surface area contributed by atoms with Gasteiger partial charge in [-0.15, -0.1) is 5.92 Å². The van der Waals surface area contributed by atoms with E-state index in [4.69, 9.17) is 4.74 Å². The van der Waals surface area contributed by atoms with E-state index < -0.39 is 0 Å². The molecule has 0 amide bonds. The molecule has 5 heteroatoms. The lowest BCUT2D eigenvalue weighted by Gasteiger charge is -2.03. The highest BCUT2D eigenvalue weighted by Gasteiger charge is 2.00. The van der Waals surface area contributed by atoms with E-state index in [0.29, 0.717) is 18.3 Å². The van der Waals surface area contributed by atoms with Crippen LogP contribution < -0.4 is 4.74 Å². The van der Waals surface area contributed by atoms with Gasteiger partial charge in [-0.2, -0.15) is 5.10 Å². The first-order valence-electron chi connectivity index (χ1n) is 4.74. The van der Waals surface area contributed by atoms with Crippen molar-refractivity contribution in [3.05, 3.63) is 30.9 Å². The molecule has 0 saturated heterocycles. The maximum Gasteiger partial charge on any atom is 0.219 e. The fourth-order valence-corrected chi connectivity index (χ4v) is 1.12. The van der Waals surface area contributed by atoms with Crippen LogP contribution in [-0.2, 0) is 0 Å². The van der Waals surface area contributed by atoms with Gasteiger partial charge in [0, 0.05) is 18.5 Å². The summed E-state index contributed by atoms with van der Waals surface area (Å²) < 4.78 is 6.96. The van der Waals surface area contributed by atoms with Gasteiger partial charge in [0.15, 0.2) is 12.4 Å². The van der Waals surface area contributed by atoms with Crippen LogP contribution in [0, 0.1) is 11.8 Å². The minimum absolute atomic E-state index is 0.325. The fraction of sp³-hybridized carbons (Fsp3) is 0.182. The first-order valence-corrected chi connectivity index (χ1v) is 4.74. The van der Waals surface area contributed by atoms with Crippen molar-refractivity contribution in [2.24, 2.45) is 0 Å². The first kappa shape index (κ1) is 10.2. The Morgan fingerprint density at radius 2 is 2.38 bits per heavy atom. The molecule has 0 N–H and O–H groups in total. The van der Waals surface area contributed by atoms with E-state index >= 15 is 0 Å². The Morgan fingerprint density at radius 3 is 3.12 bits per heavy atom. The third-order valence-corrected chi connectivity index (χ3v) is 1.84. The lowest BCUT2D eigenvalue weighted by molar-refractivity contribution is 0.354. The molecule has 0 aromatic carbocycles. The van der Waals surface area contributed by atoms with Crippen molar-refractivity contribution in [2.75, 3.05) is 6.61 Å². The zero-order valence-corrected chi connectivity index (χ0v) is 8.79. The number of nitrogens with zero attached hydrogens (tertiary/aromatic N) is 4. The van der Waals surface area contributed by atoms with E-state index in [0.717, 1.165) is 0 Å². The average molecular weight is 214 g/mol. The molecule has 0 atom stereocenters. The maximum absolute atomic E-state index is 5.32. The highest BCUT2D eigenvalue weighted by atomic mass is 16.5. The van der Waals surface area contributed by atoms with E-state index in [9.17, 15) is 0 Å². The van der Waals surface area contributed by atoms with Gasteiger partial charge < -0.3 is 4.74 Å². The summed E-state index contributed by atoms with van der Waals surface area (Å²) in [5, 5.41) is 4.07. The van der Waals surface area contributed by atoms with E-state index in [2.05, 4.69) is 26.9 Å². The first-order chi connectivity index (χ1) is 7.90. The van der Waals surface area contributed by atoms with E-state index in [1.54, 1.807) is 30.1 Å². The van der Waals surface area contributed by atoms with Crippen LogP contribution in [0.25, 0.3) is 5.82 Å². The average Bonchev–Trinajstić information content (AvgIpc) is 2.83. The minimum atomic E-state index is 0.325. The summed E-state index contributed by atoms with van der Waals surface area (Å²) in [4.78, 5) is 8.06. The molecule has 2 aromatic rings. The second kappa shape index (κ2) is 4.94. The molecule has 80 valence electrons. The Bertz CT molecular complexity index is 510. The van der Waals surface area contributed by atoms with Crippen molar-refractivity contribution in [2.45, 2.75) is 6.92 Å². The quantitative estimate of drug-likeness (QED) is 0.717. The Morgan fingerprint density at radius 1 is 1.44 bits per heavy atom.